The van der Waals surface area contributed by atoms with Crippen LogP contribution in [0.15, 0.2) is 22.7 Å². The summed E-state index contributed by atoms with van der Waals surface area (Å²) >= 11 is 0. The Balaban J connectivity index is 1.43. The minimum atomic E-state index is -0.431. The Hall–Kier alpha value is -2.37. The lowest BCUT2D eigenvalue weighted by atomic mass is 9.63. The van der Waals surface area contributed by atoms with E-state index in [-0.39, 0.29) is 16.8 Å². The minimum Gasteiger partial charge on any atom is -0.460 e. The zero-order valence-corrected chi connectivity index (χ0v) is 21.3. The maximum atomic E-state index is 12.1. The third-order valence-electron chi connectivity index (χ3n) is 7.29. The maximum absolute atomic E-state index is 12.1. The molecule has 0 unspecified atom stereocenters. The predicted molar refractivity (Wildman–Crippen MR) is 130 cm³/mol. The minimum absolute atomic E-state index is 0.112. The van der Waals surface area contributed by atoms with Crippen LogP contribution in [0.1, 0.15) is 91.7 Å². The number of piperidine rings is 1. The SMILES string of the molecule is CC(C)(C)OC(=O)CC1CCN(c2nc(-c3ccc4c(c3)C(C)(C)CCC4(C)C)no2)CC1. The summed E-state index contributed by atoms with van der Waals surface area (Å²) in [7, 11) is 0. The predicted octanol–water partition coefficient (Wildman–Crippen LogP) is 6.03. The average Bonchev–Trinajstić information content (AvgIpc) is 3.21. The molecule has 4 rings (SSSR count). The van der Waals surface area contributed by atoms with Gasteiger partial charge in [-0.1, -0.05) is 45.0 Å². The zero-order valence-electron chi connectivity index (χ0n) is 21.3. The standard InChI is InChI=1S/C27H39N3O3/c1-25(2,3)32-22(31)16-18-10-14-30(15-11-18)24-28-23(29-33-24)19-8-9-20-21(17-19)27(6,7)13-12-26(20,4)5/h8-9,17-18H,10-16H2,1-7H3. The smallest absolute Gasteiger partial charge is 0.324 e. The van der Waals surface area contributed by atoms with E-state index < -0.39 is 5.60 Å². The number of benzene rings is 1. The van der Waals surface area contributed by atoms with E-state index in [0.717, 1.165) is 31.5 Å². The van der Waals surface area contributed by atoms with Gasteiger partial charge in [0.15, 0.2) is 0 Å². The van der Waals surface area contributed by atoms with Gasteiger partial charge >= 0.3 is 12.0 Å². The van der Waals surface area contributed by atoms with Crippen LogP contribution in [0.2, 0.25) is 0 Å². The fraction of sp³-hybridized carbons (Fsp3) is 0.667. The van der Waals surface area contributed by atoms with Gasteiger partial charge in [0.05, 0.1) is 0 Å². The number of anilines is 1. The molecule has 1 aliphatic carbocycles. The van der Waals surface area contributed by atoms with Crippen LogP contribution in [-0.4, -0.2) is 34.8 Å². The van der Waals surface area contributed by atoms with E-state index in [4.69, 9.17) is 14.2 Å². The zero-order chi connectivity index (χ0) is 24.0. The first-order valence-electron chi connectivity index (χ1n) is 12.3. The number of esters is 1. The van der Waals surface area contributed by atoms with Crippen molar-refractivity contribution >= 4 is 12.0 Å². The maximum Gasteiger partial charge on any atom is 0.324 e. The Morgan fingerprint density at radius 3 is 2.36 bits per heavy atom. The molecule has 6 heteroatoms. The quantitative estimate of drug-likeness (QED) is 0.526. The normalized spacial score (nSPS) is 20.4. The van der Waals surface area contributed by atoms with Crippen LogP contribution in [0, 0.1) is 5.92 Å². The second-order valence-electron chi connectivity index (χ2n) is 12.1. The first-order chi connectivity index (χ1) is 15.3. The molecule has 1 aliphatic heterocycles. The van der Waals surface area contributed by atoms with E-state index in [2.05, 4.69) is 56.0 Å². The summed E-state index contributed by atoms with van der Waals surface area (Å²) in [4.78, 5) is 19.0. The molecule has 1 fully saturated rings. The van der Waals surface area contributed by atoms with Gasteiger partial charge in [-0.2, -0.15) is 4.98 Å². The molecule has 0 radical (unpaired) electrons. The van der Waals surface area contributed by atoms with E-state index >= 15 is 0 Å². The lowest BCUT2D eigenvalue weighted by Gasteiger charge is -2.42. The van der Waals surface area contributed by atoms with Gasteiger partial charge in [-0.15, -0.1) is 0 Å². The van der Waals surface area contributed by atoms with Crippen molar-refractivity contribution in [2.45, 2.75) is 97.0 Å². The lowest BCUT2D eigenvalue weighted by molar-refractivity contribution is -0.156. The van der Waals surface area contributed by atoms with Crippen LogP contribution in [-0.2, 0) is 20.4 Å². The van der Waals surface area contributed by atoms with Crippen molar-refractivity contribution in [3.05, 3.63) is 29.3 Å². The Kier molecular flexibility index (Phi) is 6.08. The number of nitrogens with zero attached hydrogens (tertiary/aromatic N) is 3. The van der Waals surface area contributed by atoms with Gasteiger partial charge in [0.2, 0.25) is 5.82 Å². The monoisotopic (exact) mass is 453 g/mol. The second-order valence-corrected chi connectivity index (χ2v) is 12.1. The molecule has 0 N–H and O–H groups in total. The van der Waals surface area contributed by atoms with Crippen LogP contribution in [0.3, 0.4) is 0 Å². The Labute approximate surface area is 198 Å². The molecule has 2 aromatic rings. The van der Waals surface area contributed by atoms with Crippen molar-refractivity contribution in [2.24, 2.45) is 5.92 Å². The highest BCUT2D eigenvalue weighted by molar-refractivity contribution is 5.70. The fourth-order valence-corrected chi connectivity index (χ4v) is 5.14. The van der Waals surface area contributed by atoms with Gasteiger partial charge < -0.3 is 14.2 Å². The van der Waals surface area contributed by atoms with Crippen LogP contribution >= 0.6 is 0 Å². The van der Waals surface area contributed by atoms with Crippen LogP contribution in [0.25, 0.3) is 11.4 Å². The molecule has 0 atom stereocenters. The highest BCUT2D eigenvalue weighted by Crippen LogP contribution is 2.46. The van der Waals surface area contributed by atoms with E-state index in [9.17, 15) is 4.79 Å². The van der Waals surface area contributed by atoms with Crippen molar-refractivity contribution in [1.29, 1.82) is 0 Å². The van der Waals surface area contributed by atoms with E-state index in [0.29, 0.717) is 24.2 Å². The Morgan fingerprint density at radius 2 is 1.73 bits per heavy atom. The molecular weight excluding hydrogens is 414 g/mol. The third-order valence-corrected chi connectivity index (χ3v) is 7.29. The molecule has 2 aliphatic rings. The summed E-state index contributed by atoms with van der Waals surface area (Å²) in [5, 5.41) is 4.30. The Bertz CT molecular complexity index is 1010. The molecule has 33 heavy (non-hydrogen) atoms. The molecule has 1 aromatic carbocycles. The molecule has 6 nitrogen and oxygen atoms in total. The number of hydrogen-bond acceptors (Lipinski definition) is 6. The highest BCUT2D eigenvalue weighted by atomic mass is 16.6. The molecule has 0 saturated carbocycles. The Morgan fingerprint density at radius 1 is 1.09 bits per heavy atom. The highest BCUT2D eigenvalue weighted by Gasteiger charge is 2.37. The van der Waals surface area contributed by atoms with Crippen molar-refractivity contribution in [3.8, 4) is 11.4 Å². The number of rotatable bonds is 4. The summed E-state index contributed by atoms with van der Waals surface area (Å²) in [6.45, 7) is 16.7. The number of ether oxygens (including phenoxy) is 1. The van der Waals surface area contributed by atoms with Gasteiger partial charge in [-0.25, -0.2) is 0 Å². The summed E-state index contributed by atoms with van der Waals surface area (Å²) in [5.41, 5.74) is 3.73. The van der Waals surface area contributed by atoms with Crippen LogP contribution in [0.5, 0.6) is 0 Å². The summed E-state index contributed by atoms with van der Waals surface area (Å²) in [6.07, 6.45) is 4.67. The number of fused-ring (bicyclic) bond motifs is 1. The average molecular weight is 454 g/mol. The fourth-order valence-electron chi connectivity index (χ4n) is 5.14. The van der Waals surface area contributed by atoms with Gasteiger partial charge in [0.25, 0.3) is 0 Å². The van der Waals surface area contributed by atoms with Crippen molar-refractivity contribution in [3.63, 3.8) is 0 Å². The van der Waals surface area contributed by atoms with E-state index in [1.165, 1.54) is 24.0 Å². The summed E-state index contributed by atoms with van der Waals surface area (Å²) in [5.74, 6) is 0.868. The molecule has 2 heterocycles. The lowest BCUT2D eigenvalue weighted by Crippen LogP contribution is -2.35. The first-order valence-corrected chi connectivity index (χ1v) is 12.3. The van der Waals surface area contributed by atoms with Gasteiger partial charge in [0, 0.05) is 25.1 Å². The largest absolute Gasteiger partial charge is 0.460 e. The van der Waals surface area contributed by atoms with Gasteiger partial charge in [-0.05, 0) is 80.4 Å². The molecule has 0 spiro atoms. The topological polar surface area (TPSA) is 68.5 Å². The molecule has 180 valence electrons. The first kappa shape index (κ1) is 23.8. The van der Waals surface area contributed by atoms with Crippen molar-refractivity contribution in [2.75, 3.05) is 18.0 Å². The van der Waals surface area contributed by atoms with E-state index in [1.54, 1.807) is 0 Å². The van der Waals surface area contributed by atoms with Gasteiger partial charge in [0.1, 0.15) is 5.60 Å². The van der Waals surface area contributed by atoms with Crippen molar-refractivity contribution < 1.29 is 14.1 Å². The van der Waals surface area contributed by atoms with Crippen LogP contribution in [0.4, 0.5) is 6.01 Å². The third kappa shape index (κ3) is 5.25. The molecule has 0 bridgehead atoms. The van der Waals surface area contributed by atoms with Crippen molar-refractivity contribution in [1.82, 2.24) is 10.1 Å². The van der Waals surface area contributed by atoms with Crippen LogP contribution < -0.4 is 4.90 Å². The van der Waals surface area contributed by atoms with Gasteiger partial charge in [-0.3, -0.25) is 4.79 Å². The molecule has 1 aromatic heterocycles. The number of carbonyl (C=O) groups is 1. The number of aromatic nitrogens is 2. The molecule has 0 amide bonds. The number of carbonyl (C=O) groups excluding carboxylic acids is 1. The number of hydrogen-bond donors (Lipinski definition) is 0. The molecular formula is C27H39N3O3. The summed E-state index contributed by atoms with van der Waals surface area (Å²) in [6, 6.07) is 7.21. The molecule has 1 saturated heterocycles. The van der Waals surface area contributed by atoms with E-state index in [1.807, 2.05) is 20.8 Å². The second kappa shape index (κ2) is 8.44. The summed E-state index contributed by atoms with van der Waals surface area (Å²) < 4.78 is 11.1.